The van der Waals surface area contributed by atoms with Crippen molar-refractivity contribution in [2.45, 2.75) is 11.6 Å². The number of rotatable bonds is 1. The highest BCUT2D eigenvalue weighted by molar-refractivity contribution is 6.16. The van der Waals surface area contributed by atoms with Gasteiger partial charge in [-0.2, -0.15) is 10.4 Å². The Labute approximate surface area is 99.0 Å². The van der Waals surface area contributed by atoms with Gasteiger partial charge in [-0.05, 0) is 18.2 Å². The summed E-state index contributed by atoms with van der Waals surface area (Å²) in [4.78, 5) is 0. The van der Waals surface area contributed by atoms with Crippen LogP contribution in [0.3, 0.4) is 0 Å². The van der Waals surface area contributed by atoms with Crippen molar-refractivity contribution in [1.29, 1.82) is 5.26 Å². The SMILES string of the molecule is N#Cc1cccc(C2=NN3C4C=CC=CC243)c1. The number of nitriles is 1. The fraction of sp³-hybridized carbons (Fsp3) is 0.143. The Balaban J connectivity index is 1.77. The highest BCUT2D eigenvalue weighted by atomic mass is 15.7. The summed E-state index contributed by atoms with van der Waals surface area (Å²) in [7, 11) is 0. The summed E-state index contributed by atoms with van der Waals surface area (Å²) >= 11 is 0. The van der Waals surface area contributed by atoms with E-state index in [4.69, 9.17) is 5.26 Å². The van der Waals surface area contributed by atoms with Gasteiger partial charge in [-0.3, -0.25) is 5.01 Å². The molecule has 4 rings (SSSR count). The van der Waals surface area contributed by atoms with Gasteiger partial charge in [-0.1, -0.05) is 30.4 Å². The lowest BCUT2D eigenvalue weighted by molar-refractivity contribution is 0.480. The van der Waals surface area contributed by atoms with Crippen molar-refractivity contribution in [3.63, 3.8) is 0 Å². The number of hydrogen-bond acceptors (Lipinski definition) is 3. The summed E-state index contributed by atoms with van der Waals surface area (Å²) < 4.78 is 0. The summed E-state index contributed by atoms with van der Waals surface area (Å²) in [5, 5.41) is 15.5. The molecule has 1 aromatic rings. The Kier molecular flexibility index (Phi) is 1.38. The molecule has 1 spiro atoms. The fourth-order valence-corrected chi connectivity index (χ4v) is 2.73. The first-order valence-electron chi connectivity index (χ1n) is 5.61. The Morgan fingerprint density at radius 2 is 2.29 bits per heavy atom. The van der Waals surface area contributed by atoms with E-state index in [-0.39, 0.29) is 5.54 Å². The fourth-order valence-electron chi connectivity index (χ4n) is 2.73. The lowest BCUT2D eigenvalue weighted by Crippen LogP contribution is -2.36. The van der Waals surface area contributed by atoms with Gasteiger partial charge in [-0.25, -0.2) is 0 Å². The van der Waals surface area contributed by atoms with E-state index in [1.807, 2.05) is 24.3 Å². The predicted octanol–water partition coefficient (Wildman–Crippen LogP) is 1.82. The van der Waals surface area contributed by atoms with Crippen LogP contribution in [0.1, 0.15) is 11.1 Å². The van der Waals surface area contributed by atoms with Crippen molar-refractivity contribution in [1.82, 2.24) is 5.01 Å². The molecule has 1 saturated heterocycles. The molecular weight excluding hydrogens is 210 g/mol. The lowest BCUT2D eigenvalue weighted by Gasteiger charge is -2.23. The van der Waals surface area contributed by atoms with Crippen LogP contribution in [0.15, 0.2) is 53.7 Å². The van der Waals surface area contributed by atoms with Crippen LogP contribution in [0.5, 0.6) is 0 Å². The Bertz CT molecular complexity index is 648. The van der Waals surface area contributed by atoms with Gasteiger partial charge in [0.2, 0.25) is 0 Å². The molecular formula is C14H9N3. The molecule has 1 aliphatic carbocycles. The zero-order chi connectivity index (χ0) is 11.5. The van der Waals surface area contributed by atoms with Crippen LogP contribution in [0, 0.1) is 11.3 Å². The molecule has 0 N–H and O–H groups in total. The lowest BCUT2D eigenvalue weighted by atomic mass is 9.89. The van der Waals surface area contributed by atoms with Crippen LogP contribution >= 0.6 is 0 Å². The average molecular weight is 219 g/mol. The molecule has 2 atom stereocenters. The molecule has 0 radical (unpaired) electrons. The first kappa shape index (κ1) is 8.77. The van der Waals surface area contributed by atoms with Gasteiger partial charge in [0.1, 0.15) is 17.3 Å². The van der Waals surface area contributed by atoms with Crippen LogP contribution in [0.2, 0.25) is 0 Å². The minimum Gasteiger partial charge on any atom is -0.268 e. The standard InChI is InChI=1S/C14H9N3/c15-9-10-4-3-5-11(8-10)13-14-7-2-1-6-12(14)17(14)16-13/h1-8,12H. The Hall–Kier alpha value is -2.34. The maximum atomic E-state index is 8.92. The molecule has 2 aliphatic heterocycles. The number of nitrogens with zero attached hydrogens (tertiary/aromatic N) is 3. The minimum absolute atomic E-state index is 0.00281. The largest absolute Gasteiger partial charge is 0.268 e. The third-order valence-corrected chi connectivity index (χ3v) is 3.63. The van der Waals surface area contributed by atoms with Gasteiger partial charge in [0, 0.05) is 5.56 Å². The quantitative estimate of drug-likeness (QED) is 0.676. The van der Waals surface area contributed by atoms with E-state index in [0.717, 1.165) is 11.3 Å². The monoisotopic (exact) mass is 219 g/mol. The van der Waals surface area contributed by atoms with Crippen molar-refractivity contribution >= 4 is 5.71 Å². The van der Waals surface area contributed by atoms with Gasteiger partial charge in [-0.15, -0.1) is 0 Å². The van der Waals surface area contributed by atoms with Crippen molar-refractivity contribution < 1.29 is 0 Å². The maximum absolute atomic E-state index is 8.92. The highest BCUT2D eigenvalue weighted by Crippen LogP contribution is 2.54. The zero-order valence-corrected chi connectivity index (χ0v) is 9.04. The first-order valence-corrected chi connectivity index (χ1v) is 5.61. The molecule has 0 aromatic heterocycles. The topological polar surface area (TPSA) is 39.2 Å². The van der Waals surface area contributed by atoms with E-state index in [2.05, 4.69) is 40.5 Å². The molecule has 80 valence electrons. The van der Waals surface area contributed by atoms with Crippen molar-refractivity contribution in [2.24, 2.45) is 5.10 Å². The van der Waals surface area contributed by atoms with E-state index < -0.39 is 0 Å². The molecule has 1 aromatic carbocycles. The van der Waals surface area contributed by atoms with Crippen LogP contribution in [0.4, 0.5) is 0 Å². The normalized spacial score (nSPS) is 30.9. The number of hydrazone groups is 1. The summed E-state index contributed by atoms with van der Waals surface area (Å²) in [5.74, 6) is 0. The van der Waals surface area contributed by atoms with Crippen molar-refractivity contribution in [3.8, 4) is 6.07 Å². The summed E-state index contributed by atoms with van der Waals surface area (Å²) in [6.45, 7) is 0. The minimum atomic E-state index is 0.00281. The average Bonchev–Trinajstić information content (AvgIpc) is 2.89. The molecule has 0 amide bonds. The smallest absolute Gasteiger partial charge is 0.147 e. The second-order valence-electron chi connectivity index (χ2n) is 4.50. The van der Waals surface area contributed by atoms with E-state index in [1.54, 1.807) is 0 Å². The Morgan fingerprint density at radius 1 is 1.35 bits per heavy atom. The highest BCUT2D eigenvalue weighted by Gasteiger charge is 2.70. The van der Waals surface area contributed by atoms with Gasteiger partial charge >= 0.3 is 0 Å². The van der Waals surface area contributed by atoms with Crippen LogP contribution in [-0.4, -0.2) is 22.3 Å². The third-order valence-electron chi connectivity index (χ3n) is 3.63. The number of hydrogen-bond donors (Lipinski definition) is 0. The molecule has 0 saturated carbocycles. The van der Waals surface area contributed by atoms with Gasteiger partial charge in [0.15, 0.2) is 0 Å². The van der Waals surface area contributed by atoms with Crippen LogP contribution in [0.25, 0.3) is 0 Å². The molecule has 17 heavy (non-hydrogen) atoms. The number of benzene rings is 1. The molecule has 3 nitrogen and oxygen atoms in total. The van der Waals surface area contributed by atoms with E-state index in [0.29, 0.717) is 11.6 Å². The van der Waals surface area contributed by atoms with E-state index in [1.165, 1.54) is 0 Å². The summed E-state index contributed by atoms with van der Waals surface area (Å²) in [6, 6.07) is 10.2. The van der Waals surface area contributed by atoms with E-state index >= 15 is 0 Å². The van der Waals surface area contributed by atoms with Crippen LogP contribution < -0.4 is 0 Å². The number of allylic oxidation sites excluding steroid dienone is 2. The summed E-state index contributed by atoms with van der Waals surface area (Å²) in [6.07, 6.45) is 8.50. The first-order chi connectivity index (χ1) is 8.36. The number of fused-ring (bicyclic) bond motifs is 1. The molecule has 2 heterocycles. The van der Waals surface area contributed by atoms with Crippen molar-refractivity contribution in [3.05, 3.63) is 59.7 Å². The zero-order valence-electron chi connectivity index (χ0n) is 9.04. The molecule has 2 unspecified atom stereocenters. The predicted molar refractivity (Wildman–Crippen MR) is 64.3 cm³/mol. The summed E-state index contributed by atoms with van der Waals surface area (Å²) in [5.41, 5.74) is 2.83. The van der Waals surface area contributed by atoms with E-state index in [9.17, 15) is 0 Å². The van der Waals surface area contributed by atoms with Gasteiger partial charge < -0.3 is 0 Å². The third kappa shape index (κ3) is 0.891. The second kappa shape index (κ2) is 2.67. The molecule has 3 aliphatic rings. The molecule has 0 bridgehead atoms. The molecule has 1 fully saturated rings. The maximum Gasteiger partial charge on any atom is 0.147 e. The Morgan fingerprint density at radius 3 is 3.12 bits per heavy atom. The van der Waals surface area contributed by atoms with Gasteiger partial charge in [0.05, 0.1) is 11.6 Å². The van der Waals surface area contributed by atoms with Gasteiger partial charge in [0.25, 0.3) is 0 Å². The molecule has 3 heteroatoms. The van der Waals surface area contributed by atoms with Crippen LogP contribution in [-0.2, 0) is 0 Å². The van der Waals surface area contributed by atoms with Crippen molar-refractivity contribution in [2.75, 3.05) is 0 Å². The second-order valence-corrected chi connectivity index (χ2v) is 4.50.